The van der Waals surface area contributed by atoms with E-state index < -0.39 is 6.10 Å². The molecule has 0 saturated heterocycles. The molecule has 0 radical (unpaired) electrons. The van der Waals surface area contributed by atoms with Crippen molar-refractivity contribution < 1.29 is 9.50 Å². The lowest BCUT2D eigenvalue weighted by Gasteiger charge is -2.12. The van der Waals surface area contributed by atoms with Crippen LogP contribution < -0.4 is 0 Å². The van der Waals surface area contributed by atoms with E-state index in [1.165, 1.54) is 6.07 Å². The first-order chi connectivity index (χ1) is 8.56. The van der Waals surface area contributed by atoms with Crippen molar-refractivity contribution in [1.82, 2.24) is 0 Å². The van der Waals surface area contributed by atoms with Gasteiger partial charge in [0, 0.05) is 10.9 Å². The van der Waals surface area contributed by atoms with Crippen molar-refractivity contribution in [2.45, 2.75) is 19.4 Å². The molecule has 1 N–H and O–H groups in total. The van der Waals surface area contributed by atoms with Gasteiger partial charge in [-0.15, -0.1) is 0 Å². The van der Waals surface area contributed by atoms with Gasteiger partial charge in [-0.3, -0.25) is 0 Å². The number of rotatable bonds is 3. The number of aliphatic hydroxyl groups excluding tert-OH is 1. The van der Waals surface area contributed by atoms with E-state index in [2.05, 4.69) is 15.9 Å². The third-order valence-electron chi connectivity index (χ3n) is 2.89. The molecule has 1 unspecified atom stereocenters. The predicted molar refractivity (Wildman–Crippen MR) is 73.9 cm³/mol. The van der Waals surface area contributed by atoms with E-state index in [0.717, 1.165) is 11.1 Å². The third kappa shape index (κ3) is 3.18. The Hall–Kier alpha value is -1.19. The number of halogens is 2. The normalized spacial score (nSPS) is 12.4. The summed E-state index contributed by atoms with van der Waals surface area (Å²) in [5.74, 6) is -0.296. The van der Waals surface area contributed by atoms with Crippen LogP contribution in [0.5, 0.6) is 0 Å². The summed E-state index contributed by atoms with van der Waals surface area (Å²) in [6.45, 7) is 1.99. The van der Waals surface area contributed by atoms with Gasteiger partial charge in [0.15, 0.2) is 0 Å². The highest BCUT2D eigenvalue weighted by atomic mass is 79.9. The van der Waals surface area contributed by atoms with Crippen LogP contribution in [0.3, 0.4) is 0 Å². The van der Waals surface area contributed by atoms with Crippen molar-refractivity contribution in [3.05, 3.63) is 69.4 Å². The molecule has 3 heteroatoms. The summed E-state index contributed by atoms with van der Waals surface area (Å²) < 4.78 is 14.4. The second-order valence-corrected chi connectivity index (χ2v) is 5.28. The fourth-order valence-electron chi connectivity index (χ4n) is 1.80. The van der Waals surface area contributed by atoms with Crippen molar-refractivity contribution in [1.29, 1.82) is 0 Å². The molecular formula is C15H14BrFO. The minimum atomic E-state index is -0.679. The topological polar surface area (TPSA) is 20.2 Å². The van der Waals surface area contributed by atoms with Crippen molar-refractivity contribution in [2.75, 3.05) is 0 Å². The fraction of sp³-hybridized carbons (Fsp3) is 0.200. The van der Waals surface area contributed by atoms with Crippen LogP contribution in [0.15, 0.2) is 46.9 Å². The molecule has 0 aliphatic heterocycles. The average molecular weight is 309 g/mol. The summed E-state index contributed by atoms with van der Waals surface area (Å²) in [5, 5.41) is 10.1. The molecule has 2 aromatic rings. The van der Waals surface area contributed by atoms with Gasteiger partial charge in [-0.25, -0.2) is 4.39 Å². The van der Waals surface area contributed by atoms with Gasteiger partial charge in [-0.2, -0.15) is 0 Å². The van der Waals surface area contributed by atoms with Gasteiger partial charge in [0.2, 0.25) is 0 Å². The molecule has 0 amide bonds. The van der Waals surface area contributed by atoms with Crippen LogP contribution in [-0.2, 0) is 6.42 Å². The zero-order valence-corrected chi connectivity index (χ0v) is 11.6. The monoisotopic (exact) mass is 308 g/mol. The predicted octanol–water partition coefficient (Wildman–Crippen LogP) is 4.17. The second kappa shape index (κ2) is 5.63. The molecule has 0 aliphatic carbocycles. The fourth-order valence-corrected chi connectivity index (χ4v) is 2.14. The molecule has 18 heavy (non-hydrogen) atoms. The lowest BCUT2D eigenvalue weighted by molar-refractivity contribution is 0.177. The maximum absolute atomic E-state index is 13.6. The summed E-state index contributed by atoms with van der Waals surface area (Å²) in [4.78, 5) is 0. The largest absolute Gasteiger partial charge is 0.388 e. The molecule has 0 saturated carbocycles. The van der Waals surface area contributed by atoms with Crippen molar-refractivity contribution in [3.63, 3.8) is 0 Å². The molecule has 0 heterocycles. The molecule has 94 valence electrons. The van der Waals surface area contributed by atoms with Crippen molar-refractivity contribution in [3.8, 4) is 0 Å². The zero-order chi connectivity index (χ0) is 13.1. The third-order valence-corrected chi connectivity index (χ3v) is 3.38. The van der Waals surface area contributed by atoms with Crippen molar-refractivity contribution in [2.24, 2.45) is 0 Å². The molecule has 0 aliphatic rings. The SMILES string of the molecule is Cc1ccc(C(O)Cc2ccc(Br)cc2F)cc1. The second-order valence-electron chi connectivity index (χ2n) is 4.37. The first-order valence-corrected chi connectivity index (χ1v) is 6.54. The first kappa shape index (κ1) is 13.2. The molecule has 1 atom stereocenters. The summed E-state index contributed by atoms with van der Waals surface area (Å²) in [7, 11) is 0. The Kier molecular flexibility index (Phi) is 4.15. The van der Waals surface area contributed by atoms with Crippen LogP contribution >= 0.6 is 15.9 Å². The minimum Gasteiger partial charge on any atom is -0.388 e. The van der Waals surface area contributed by atoms with E-state index in [1.807, 2.05) is 31.2 Å². The summed E-state index contributed by atoms with van der Waals surface area (Å²) in [5.41, 5.74) is 2.47. The standard InChI is InChI=1S/C15H14BrFO/c1-10-2-4-11(5-3-10)15(18)8-12-6-7-13(16)9-14(12)17/h2-7,9,15,18H,8H2,1H3. The molecule has 2 aromatic carbocycles. The molecule has 2 rings (SSSR count). The number of hydrogen-bond acceptors (Lipinski definition) is 1. The Balaban J connectivity index is 2.15. The Morgan fingerprint density at radius 3 is 2.44 bits per heavy atom. The van der Waals surface area contributed by atoms with E-state index in [1.54, 1.807) is 12.1 Å². The maximum atomic E-state index is 13.6. The van der Waals surface area contributed by atoms with Crippen LogP contribution in [0.2, 0.25) is 0 Å². The highest BCUT2D eigenvalue weighted by Crippen LogP contribution is 2.22. The quantitative estimate of drug-likeness (QED) is 0.902. The summed E-state index contributed by atoms with van der Waals surface area (Å²) >= 11 is 3.21. The smallest absolute Gasteiger partial charge is 0.127 e. The zero-order valence-electron chi connectivity index (χ0n) is 10.0. The van der Waals surface area contributed by atoms with Crippen LogP contribution in [0, 0.1) is 12.7 Å². The lowest BCUT2D eigenvalue weighted by Crippen LogP contribution is -2.03. The van der Waals surface area contributed by atoms with Gasteiger partial charge < -0.3 is 5.11 Å². The maximum Gasteiger partial charge on any atom is 0.127 e. The van der Waals surface area contributed by atoms with E-state index in [9.17, 15) is 9.50 Å². The summed E-state index contributed by atoms with van der Waals surface area (Å²) in [6, 6.07) is 12.5. The highest BCUT2D eigenvalue weighted by Gasteiger charge is 2.11. The lowest BCUT2D eigenvalue weighted by atomic mass is 10.0. The number of aliphatic hydroxyl groups is 1. The van der Waals surface area contributed by atoms with E-state index >= 15 is 0 Å². The Labute approximate surface area is 114 Å². The molecule has 1 nitrogen and oxygen atoms in total. The van der Waals surface area contributed by atoms with Gasteiger partial charge in [0.1, 0.15) is 5.82 Å². The first-order valence-electron chi connectivity index (χ1n) is 5.75. The van der Waals surface area contributed by atoms with Gasteiger partial charge in [0.05, 0.1) is 6.10 Å². The Morgan fingerprint density at radius 2 is 1.83 bits per heavy atom. The van der Waals surface area contributed by atoms with E-state index in [4.69, 9.17) is 0 Å². The van der Waals surface area contributed by atoms with E-state index in [0.29, 0.717) is 10.0 Å². The molecule has 0 spiro atoms. The molecule has 0 bridgehead atoms. The number of benzene rings is 2. The number of hydrogen-bond donors (Lipinski definition) is 1. The Bertz CT molecular complexity index is 537. The van der Waals surface area contributed by atoms with Gasteiger partial charge >= 0.3 is 0 Å². The number of aryl methyl sites for hydroxylation is 1. The van der Waals surface area contributed by atoms with Gasteiger partial charge in [0.25, 0.3) is 0 Å². The van der Waals surface area contributed by atoms with Crippen molar-refractivity contribution >= 4 is 15.9 Å². The average Bonchev–Trinajstić information content (AvgIpc) is 2.33. The Morgan fingerprint density at radius 1 is 1.17 bits per heavy atom. The minimum absolute atomic E-state index is 0.280. The molecular weight excluding hydrogens is 295 g/mol. The molecule has 0 fully saturated rings. The van der Waals surface area contributed by atoms with Gasteiger partial charge in [-0.05, 0) is 30.2 Å². The summed E-state index contributed by atoms with van der Waals surface area (Å²) in [6.07, 6.45) is -0.399. The molecule has 0 aromatic heterocycles. The van der Waals surface area contributed by atoms with Crippen LogP contribution in [0.4, 0.5) is 4.39 Å². The van der Waals surface area contributed by atoms with E-state index in [-0.39, 0.29) is 12.2 Å². The highest BCUT2D eigenvalue weighted by molar-refractivity contribution is 9.10. The van der Waals surface area contributed by atoms with Crippen LogP contribution in [0.1, 0.15) is 22.8 Å². The van der Waals surface area contributed by atoms with Crippen LogP contribution in [-0.4, -0.2) is 5.11 Å². The van der Waals surface area contributed by atoms with Gasteiger partial charge in [-0.1, -0.05) is 51.8 Å². The van der Waals surface area contributed by atoms with Crippen LogP contribution in [0.25, 0.3) is 0 Å².